The molecule has 0 saturated heterocycles. The van der Waals surface area contributed by atoms with E-state index < -0.39 is 0 Å². The molecule has 84 valence electrons. The highest BCUT2D eigenvalue weighted by Gasteiger charge is 2.24. The van der Waals surface area contributed by atoms with Gasteiger partial charge in [0.1, 0.15) is 4.95 Å². The van der Waals surface area contributed by atoms with E-state index in [-0.39, 0.29) is 5.97 Å². The van der Waals surface area contributed by atoms with E-state index in [4.69, 9.17) is 4.74 Å². The third-order valence-corrected chi connectivity index (χ3v) is 4.03. The van der Waals surface area contributed by atoms with Crippen molar-refractivity contribution in [3.05, 3.63) is 0 Å². The average molecular weight is 267 g/mol. The maximum absolute atomic E-state index is 11.1. The number of carbonyl (C=O) groups is 1. The number of nitrogens with zero attached hydrogens (tertiary/aromatic N) is 1. The molecule has 0 amide bonds. The summed E-state index contributed by atoms with van der Waals surface area (Å²) in [6.45, 7) is 5.48. The van der Waals surface area contributed by atoms with Crippen LogP contribution in [0.3, 0.4) is 0 Å². The molecule has 0 rings (SSSR count). The molecule has 0 aliphatic rings. The summed E-state index contributed by atoms with van der Waals surface area (Å²) in [6, 6.07) is 0. The Morgan fingerprint density at radius 1 is 1.43 bits per heavy atom. The lowest BCUT2D eigenvalue weighted by Crippen LogP contribution is -2.45. The van der Waals surface area contributed by atoms with Crippen LogP contribution in [-0.2, 0) is 9.53 Å². The second-order valence-corrected chi connectivity index (χ2v) is 4.93. The number of halogens is 1. The van der Waals surface area contributed by atoms with Gasteiger partial charge in [-0.2, -0.15) is 0 Å². The van der Waals surface area contributed by atoms with Gasteiger partial charge in [-0.05, 0) is 29.8 Å². The molecule has 1 unspecified atom stereocenters. The Hall–Kier alpha value is -0.0900. The Kier molecular flexibility index (Phi) is 6.36. The molecule has 3 nitrogen and oxygen atoms in total. The van der Waals surface area contributed by atoms with E-state index in [0.717, 1.165) is 17.4 Å². The van der Waals surface area contributed by atoms with Crippen LogP contribution in [0.4, 0.5) is 0 Å². The van der Waals surface area contributed by atoms with Crippen LogP contribution in [0.5, 0.6) is 0 Å². The van der Waals surface area contributed by atoms with Gasteiger partial charge in [0.25, 0.3) is 0 Å². The highest BCUT2D eigenvalue weighted by Crippen LogP contribution is 2.18. The van der Waals surface area contributed by atoms with Crippen molar-refractivity contribution in [2.75, 3.05) is 27.2 Å². The highest BCUT2D eigenvalue weighted by atomic mass is 79.9. The molecule has 0 radical (unpaired) electrons. The van der Waals surface area contributed by atoms with Crippen molar-refractivity contribution in [1.29, 1.82) is 0 Å². The Morgan fingerprint density at radius 3 is 2.43 bits per heavy atom. The van der Waals surface area contributed by atoms with Gasteiger partial charge in [-0.3, -0.25) is 4.79 Å². The summed E-state index contributed by atoms with van der Waals surface area (Å²) in [6.07, 6.45) is 1.31. The minimum Gasteiger partial charge on any atom is -0.466 e. The predicted molar refractivity (Wildman–Crippen MR) is 61.2 cm³/mol. The lowest BCUT2D eigenvalue weighted by Gasteiger charge is -2.33. The lowest BCUT2D eigenvalue weighted by atomic mass is 10.2. The molecule has 0 bridgehead atoms. The van der Waals surface area contributed by atoms with Crippen LogP contribution in [0.2, 0.25) is 0 Å². The van der Waals surface area contributed by atoms with Crippen molar-refractivity contribution in [2.45, 2.75) is 31.6 Å². The van der Waals surface area contributed by atoms with Crippen molar-refractivity contribution in [2.24, 2.45) is 0 Å². The second kappa shape index (κ2) is 6.40. The number of hydrogen-bond acceptors (Lipinski definition) is 2. The molecule has 0 aromatic rings. The number of alkyl halides is 1. The van der Waals surface area contributed by atoms with Crippen LogP contribution in [0, 0.1) is 0 Å². The summed E-state index contributed by atoms with van der Waals surface area (Å²) in [5.41, 5.74) is 0. The quantitative estimate of drug-likeness (QED) is 0.319. The normalized spacial score (nSPS) is 13.8. The Balaban J connectivity index is 3.84. The molecule has 4 heteroatoms. The molecular weight excluding hydrogens is 246 g/mol. The fourth-order valence-electron chi connectivity index (χ4n) is 1.02. The van der Waals surface area contributed by atoms with E-state index in [1.54, 1.807) is 0 Å². The Morgan fingerprint density at radius 2 is 2.00 bits per heavy atom. The standard InChI is InChI=1S/C10H21BrNO2/c1-5-12(3,4)9(11)7-8-10(13)14-6-2/h9H,5-8H2,1-4H3/q+1. The van der Waals surface area contributed by atoms with Gasteiger partial charge in [0, 0.05) is 6.42 Å². The Bertz CT molecular complexity index is 183. The van der Waals surface area contributed by atoms with Crippen LogP contribution < -0.4 is 0 Å². The van der Waals surface area contributed by atoms with Crippen LogP contribution in [-0.4, -0.2) is 42.7 Å². The number of ether oxygens (including phenoxy) is 1. The van der Waals surface area contributed by atoms with Gasteiger partial charge in [-0.1, -0.05) is 0 Å². The van der Waals surface area contributed by atoms with E-state index in [1.807, 2.05) is 6.92 Å². The molecular formula is C10H21BrNO2+. The van der Waals surface area contributed by atoms with Gasteiger partial charge < -0.3 is 9.22 Å². The van der Waals surface area contributed by atoms with Crippen LogP contribution in [0.15, 0.2) is 0 Å². The Labute approximate surface area is 95.1 Å². The molecule has 0 aromatic carbocycles. The van der Waals surface area contributed by atoms with Gasteiger partial charge in [0.2, 0.25) is 0 Å². The summed E-state index contributed by atoms with van der Waals surface area (Å²) in [7, 11) is 4.29. The fraction of sp³-hybridized carbons (Fsp3) is 0.900. The van der Waals surface area contributed by atoms with E-state index >= 15 is 0 Å². The van der Waals surface area contributed by atoms with Crippen molar-refractivity contribution in [3.63, 3.8) is 0 Å². The lowest BCUT2D eigenvalue weighted by molar-refractivity contribution is -0.897. The van der Waals surface area contributed by atoms with Crippen LogP contribution in [0.25, 0.3) is 0 Å². The third-order valence-electron chi connectivity index (χ3n) is 2.47. The molecule has 0 aromatic heterocycles. The zero-order chi connectivity index (χ0) is 11.2. The number of carbonyl (C=O) groups excluding carboxylic acids is 1. The fourth-order valence-corrected chi connectivity index (χ4v) is 1.54. The number of esters is 1. The number of hydrogen-bond donors (Lipinski definition) is 0. The van der Waals surface area contributed by atoms with E-state index in [9.17, 15) is 4.79 Å². The summed E-state index contributed by atoms with van der Waals surface area (Å²) in [5, 5.41) is 0. The molecule has 0 heterocycles. The summed E-state index contributed by atoms with van der Waals surface area (Å²) < 4.78 is 5.75. The largest absolute Gasteiger partial charge is 0.466 e. The molecule has 0 saturated carbocycles. The first kappa shape index (κ1) is 13.9. The zero-order valence-corrected chi connectivity index (χ0v) is 11.1. The number of rotatable bonds is 6. The zero-order valence-electron chi connectivity index (χ0n) is 9.55. The highest BCUT2D eigenvalue weighted by molar-refractivity contribution is 9.09. The predicted octanol–water partition coefficient (Wildman–Crippen LogP) is 2.15. The van der Waals surface area contributed by atoms with Gasteiger partial charge in [0.15, 0.2) is 0 Å². The van der Waals surface area contributed by atoms with E-state index in [2.05, 4.69) is 36.9 Å². The third kappa shape index (κ3) is 4.96. The van der Waals surface area contributed by atoms with Crippen molar-refractivity contribution in [1.82, 2.24) is 0 Å². The van der Waals surface area contributed by atoms with Gasteiger partial charge >= 0.3 is 5.97 Å². The summed E-state index contributed by atoms with van der Waals surface area (Å²) >= 11 is 3.60. The minimum absolute atomic E-state index is 0.104. The van der Waals surface area contributed by atoms with Crippen LogP contribution in [0.1, 0.15) is 26.7 Å². The maximum atomic E-state index is 11.1. The average Bonchev–Trinajstić information content (AvgIpc) is 2.14. The topological polar surface area (TPSA) is 26.3 Å². The first-order valence-electron chi connectivity index (χ1n) is 5.06. The molecule has 1 atom stereocenters. The summed E-state index contributed by atoms with van der Waals surface area (Å²) in [5.74, 6) is -0.104. The molecule has 0 fully saturated rings. The number of quaternary nitrogens is 1. The maximum Gasteiger partial charge on any atom is 0.306 e. The van der Waals surface area contributed by atoms with Gasteiger partial charge in [-0.25, -0.2) is 0 Å². The van der Waals surface area contributed by atoms with Crippen LogP contribution >= 0.6 is 15.9 Å². The second-order valence-electron chi connectivity index (χ2n) is 3.87. The van der Waals surface area contributed by atoms with Crippen molar-refractivity contribution in [3.8, 4) is 0 Å². The van der Waals surface area contributed by atoms with E-state index in [1.165, 1.54) is 0 Å². The first-order chi connectivity index (χ1) is 6.44. The SMILES string of the molecule is CCOC(=O)CCC(Br)[N+](C)(C)CC. The monoisotopic (exact) mass is 266 g/mol. The molecule has 0 aliphatic carbocycles. The van der Waals surface area contributed by atoms with Crippen molar-refractivity contribution >= 4 is 21.9 Å². The first-order valence-corrected chi connectivity index (χ1v) is 5.98. The molecule has 0 spiro atoms. The van der Waals surface area contributed by atoms with Crippen molar-refractivity contribution < 1.29 is 14.0 Å². The molecule has 0 aliphatic heterocycles. The smallest absolute Gasteiger partial charge is 0.306 e. The summed E-state index contributed by atoms with van der Waals surface area (Å²) in [4.78, 5) is 11.4. The minimum atomic E-state index is -0.104. The molecule has 0 N–H and O–H groups in total. The van der Waals surface area contributed by atoms with Gasteiger partial charge in [-0.15, -0.1) is 0 Å². The molecule has 14 heavy (non-hydrogen) atoms. The van der Waals surface area contributed by atoms with E-state index in [0.29, 0.717) is 18.0 Å². The van der Waals surface area contributed by atoms with Gasteiger partial charge in [0.05, 0.1) is 33.7 Å².